The summed E-state index contributed by atoms with van der Waals surface area (Å²) >= 11 is 0. The number of aromatic hydroxyl groups is 2. The maximum absolute atomic E-state index is 13.2. The minimum atomic E-state index is -0.925. The van der Waals surface area contributed by atoms with E-state index in [0.29, 0.717) is 11.1 Å². The van der Waals surface area contributed by atoms with Gasteiger partial charge in [-0.25, -0.2) is 19.4 Å². The van der Waals surface area contributed by atoms with E-state index in [-0.39, 0.29) is 69.3 Å². The van der Waals surface area contributed by atoms with Gasteiger partial charge in [0.05, 0.1) is 45.0 Å². The van der Waals surface area contributed by atoms with Crippen molar-refractivity contribution in [3.8, 4) is 11.5 Å². The minimum Gasteiger partial charge on any atom is -0.507 e. The molecule has 2 aliphatic rings. The molecule has 8 rings (SSSR count). The molecular formula is C44H28N4O10. The fourth-order valence-electron chi connectivity index (χ4n) is 6.58. The molecule has 2 N–H and O–H groups in total. The second-order valence-electron chi connectivity index (χ2n) is 13.0. The molecule has 0 radical (unpaired) electrons. The summed E-state index contributed by atoms with van der Waals surface area (Å²) in [6.45, 7) is -0.678. The van der Waals surface area contributed by atoms with Crippen molar-refractivity contribution in [3.63, 3.8) is 0 Å². The van der Waals surface area contributed by atoms with Crippen molar-refractivity contribution in [3.05, 3.63) is 178 Å². The first-order valence-corrected chi connectivity index (χ1v) is 17.6. The first kappa shape index (κ1) is 36.7. The third-order valence-corrected chi connectivity index (χ3v) is 9.45. The molecule has 0 aliphatic carbocycles. The molecule has 6 aromatic rings. The summed E-state index contributed by atoms with van der Waals surface area (Å²) in [5.74, 6) is -4.68. The molecule has 6 aromatic carbocycles. The summed E-state index contributed by atoms with van der Waals surface area (Å²) in [5, 5.41) is 29.2. The van der Waals surface area contributed by atoms with E-state index in [0.717, 1.165) is 9.80 Å². The number of carbonyl (C=O) groups is 6. The van der Waals surface area contributed by atoms with Crippen molar-refractivity contribution in [2.75, 3.05) is 9.80 Å². The van der Waals surface area contributed by atoms with E-state index in [1.54, 1.807) is 97.1 Å². The number of imide groups is 2. The average molecular weight is 773 g/mol. The Morgan fingerprint density at radius 3 is 1.16 bits per heavy atom. The Bertz CT molecular complexity index is 2510. The molecule has 2 heterocycles. The van der Waals surface area contributed by atoms with Gasteiger partial charge in [-0.15, -0.1) is 0 Å². The normalized spacial score (nSPS) is 13.2. The number of phenolic OH excluding ortho intramolecular Hbond substituents is 2. The summed E-state index contributed by atoms with van der Waals surface area (Å²) in [7, 11) is 0. The first-order valence-electron chi connectivity index (χ1n) is 17.6. The lowest BCUT2D eigenvalue weighted by Gasteiger charge is -2.18. The average Bonchev–Trinajstić information content (AvgIpc) is 3.65. The molecular weight excluding hydrogens is 745 g/mol. The molecule has 14 heteroatoms. The Hall–Kier alpha value is -8.26. The number of rotatable bonds is 10. The smallest absolute Gasteiger partial charge is 0.342 e. The maximum atomic E-state index is 13.2. The van der Waals surface area contributed by atoms with Crippen molar-refractivity contribution >= 4 is 58.3 Å². The van der Waals surface area contributed by atoms with Crippen molar-refractivity contribution in [1.29, 1.82) is 0 Å². The highest BCUT2D eigenvalue weighted by Crippen LogP contribution is 2.34. The van der Waals surface area contributed by atoms with Gasteiger partial charge < -0.3 is 19.7 Å². The van der Waals surface area contributed by atoms with E-state index in [2.05, 4.69) is 10.2 Å². The van der Waals surface area contributed by atoms with Gasteiger partial charge in [0, 0.05) is 11.1 Å². The Kier molecular flexibility index (Phi) is 9.56. The van der Waals surface area contributed by atoms with Crippen LogP contribution in [-0.2, 0) is 22.7 Å². The predicted octanol–water partition coefficient (Wildman–Crippen LogP) is 7.83. The van der Waals surface area contributed by atoms with Crippen LogP contribution in [0.15, 0.2) is 144 Å². The van der Waals surface area contributed by atoms with Crippen LogP contribution in [0.5, 0.6) is 11.5 Å². The number of fused-ring (bicyclic) bond motifs is 2. The van der Waals surface area contributed by atoms with E-state index < -0.39 is 47.1 Å². The van der Waals surface area contributed by atoms with Crippen LogP contribution < -0.4 is 9.80 Å². The van der Waals surface area contributed by atoms with Crippen molar-refractivity contribution < 1.29 is 48.5 Å². The van der Waals surface area contributed by atoms with Gasteiger partial charge in [-0.2, -0.15) is 10.2 Å². The topological polar surface area (TPSA) is 193 Å². The molecule has 2 aliphatic heterocycles. The predicted molar refractivity (Wildman–Crippen MR) is 207 cm³/mol. The number of phenols is 2. The number of hydrogen-bond donors (Lipinski definition) is 2. The number of ether oxygens (including phenoxy) is 2. The number of carbonyl (C=O) groups excluding carboxylic acids is 6. The van der Waals surface area contributed by atoms with Crippen LogP contribution in [0.3, 0.4) is 0 Å². The zero-order valence-corrected chi connectivity index (χ0v) is 30.1. The van der Waals surface area contributed by atoms with Crippen molar-refractivity contribution in [2.24, 2.45) is 10.2 Å². The summed E-state index contributed by atoms with van der Waals surface area (Å²) in [4.78, 5) is 80.9. The van der Waals surface area contributed by atoms with E-state index >= 15 is 0 Å². The molecule has 0 unspecified atom stereocenters. The number of para-hydroxylation sites is 2. The molecule has 0 aromatic heterocycles. The highest BCUT2D eigenvalue weighted by molar-refractivity contribution is 6.35. The van der Waals surface area contributed by atoms with Gasteiger partial charge in [0.25, 0.3) is 23.6 Å². The Morgan fingerprint density at radius 2 is 0.793 bits per heavy atom. The lowest BCUT2D eigenvalue weighted by molar-refractivity contribution is 0.0460. The highest BCUT2D eigenvalue weighted by atomic mass is 16.5. The monoisotopic (exact) mass is 772 g/mol. The van der Waals surface area contributed by atoms with Gasteiger partial charge in [-0.3, -0.25) is 19.2 Å². The molecule has 58 heavy (non-hydrogen) atoms. The van der Waals surface area contributed by atoms with Crippen LogP contribution in [0.1, 0.15) is 73.3 Å². The molecule has 0 atom stereocenters. The van der Waals surface area contributed by atoms with Gasteiger partial charge in [0.1, 0.15) is 35.8 Å². The van der Waals surface area contributed by atoms with Crippen LogP contribution in [0.4, 0.5) is 22.7 Å². The SMILES string of the molecule is O=C(OCc1ccccc1N1C(=O)c2ccccc2C1=O)c1cc(N=Nc2ccc(O)c(C(=O)OCc3ccccc3N3C(=O)c4ccccc4C3=O)c2)ccc1O. The fraction of sp³-hybridized carbons (Fsp3) is 0.0455. The van der Waals surface area contributed by atoms with E-state index in [1.807, 2.05) is 0 Å². The fourth-order valence-corrected chi connectivity index (χ4v) is 6.58. The number of azo groups is 1. The summed E-state index contributed by atoms with van der Waals surface area (Å²) in [6, 6.07) is 33.5. The molecule has 4 amide bonds. The largest absolute Gasteiger partial charge is 0.507 e. The number of amides is 4. The van der Waals surface area contributed by atoms with Crippen LogP contribution in [0.25, 0.3) is 0 Å². The number of anilines is 2. The number of nitrogens with zero attached hydrogens (tertiary/aromatic N) is 4. The van der Waals surface area contributed by atoms with Crippen molar-refractivity contribution in [2.45, 2.75) is 13.2 Å². The van der Waals surface area contributed by atoms with Crippen molar-refractivity contribution in [1.82, 2.24) is 0 Å². The molecule has 0 bridgehead atoms. The molecule has 0 spiro atoms. The Labute approximate surface area is 328 Å². The third kappa shape index (κ3) is 6.70. The maximum Gasteiger partial charge on any atom is 0.342 e. The zero-order chi connectivity index (χ0) is 40.5. The Balaban J connectivity index is 0.939. The summed E-state index contributed by atoms with van der Waals surface area (Å²) in [6.07, 6.45) is 0. The lowest BCUT2D eigenvalue weighted by atomic mass is 10.1. The lowest BCUT2D eigenvalue weighted by Crippen LogP contribution is -2.30. The summed E-state index contributed by atoms with van der Waals surface area (Å²) in [5.41, 5.74) is 2.05. The molecule has 0 saturated carbocycles. The van der Waals surface area contributed by atoms with E-state index in [1.165, 1.54) is 36.4 Å². The van der Waals surface area contributed by atoms with Crippen LogP contribution in [0, 0.1) is 0 Å². The first-order chi connectivity index (χ1) is 28.1. The molecule has 0 fully saturated rings. The molecule has 0 saturated heterocycles. The van der Waals surface area contributed by atoms with E-state index in [9.17, 15) is 39.0 Å². The quantitative estimate of drug-likeness (QED) is 0.0788. The highest BCUT2D eigenvalue weighted by Gasteiger charge is 2.38. The van der Waals surface area contributed by atoms with Gasteiger partial charge >= 0.3 is 11.9 Å². The van der Waals surface area contributed by atoms with Gasteiger partial charge in [0.2, 0.25) is 0 Å². The number of hydrogen-bond acceptors (Lipinski definition) is 12. The van der Waals surface area contributed by atoms with Gasteiger partial charge in [0.15, 0.2) is 0 Å². The van der Waals surface area contributed by atoms with Crippen LogP contribution in [-0.4, -0.2) is 45.8 Å². The van der Waals surface area contributed by atoms with Crippen LogP contribution >= 0.6 is 0 Å². The standard InChI is InChI=1S/C44H28N4O10/c49-37-19-17-27(21-33(37)43(55)57-23-25-9-1-7-15-35(25)47-39(51)29-11-3-4-12-30(29)40(47)52)45-46-28-18-20-38(50)34(22-28)44(56)58-24-26-10-2-8-16-36(26)48-41(53)31-13-5-6-14-32(31)42(48)54/h1-22,49-50H,23-24H2. The molecule has 284 valence electrons. The van der Waals surface area contributed by atoms with Gasteiger partial charge in [-0.1, -0.05) is 60.7 Å². The third-order valence-electron chi connectivity index (χ3n) is 9.45. The Morgan fingerprint density at radius 1 is 0.466 bits per heavy atom. The second-order valence-corrected chi connectivity index (χ2v) is 13.0. The van der Waals surface area contributed by atoms with E-state index in [4.69, 9.17) is 9.47 Å². The second kappa shape index (κ2) is 15.1. The van der Waals surface area contributed by atoms with Crippen LogP contribution in [0.2, 0.25) is 0 Å². The van der Waals surface area contributed by atoms with Gasteiger partial charge in [-0.05, 0) is 72.8 Å². The number of benzene rings is 6. The number of esters is 2. The summed E-state index contributed by atoms with van der Waals surface area (Å²) < 4.78 is 11.0. The zero-order valence-electron chi connectivity index (χ0n) is 30.1. The minimum absolute atomic E-state index is 0.123. The molecule has 14 nitrogen and oxygen atoms in total.